The van der Waals surface area contributed by atoms with Gasteiger partial charge in [-0.2, -0.15) is 0 Å². The average molecular weight is 344 g/mol. The quantitative estimate of drug-likeness (QED) is 0.475. The van der Waals surface area contributed by atoms with E-state index in [1.165, 1.54) is 6.42 Å². The normalized spacial score (nSPS) is 24.3. The van der Waals surface area contributed by atoms with Gasteiger partial charge in [-0.15, -0.1) is 0 Å². The lowest BCUT2D eigenvalue weighted by atomic mass is 9.89. The molecule has 0 heterocycles. The largest absolute Gasteiger partial charge is 0.461 e. The van der Waals surface area contributed by atoms with E-state index in [4.69, 9.17) is 4.74 Å². The van der Waals surface area contributed by atoms with Crippen molar-refractivity contribution in [2.24, 2.45) is 5.92 Å². The summed E-state index contributed by atoms with van der Waals surface area (Å²) in [5, 5.41) is 0. The number of esters is 1. The van der Waals surface area contributed by atoms with Gasteiger partial charge >= 0.3 is 5.97 Å². The molecule has 2 atom stereocenters. The van der Waals surface area contributed by atoms with Gasteiger partial charge in [-0.3, -0.25) is 4.79 Å². The van der Waals surface area contributed by atoms with Crippen LogP contribution in [0.5, 0.6) is 0 Å². The van der Waals surface area contributed by atoms with Crippen molar-refractivity contribution in [2.45, 2.75) is 36.2 Å². The Labute approximate surface area is 116 Å². The van der Waals surface area contributed by atoms with Gasteiger partial charge in [0.25, 0.3) is 0 Å². The maximum atomic E-state index is 11.9. The number of carbonyl (C=O) groups is 1. The van der Waals surface area contributed by atoms with Crippen LogP contribution >= 0.6 is 22.6 Å². The smallest absolute Gasteiger partial charge is 0.309 e. The maximum Gasteiger partial charge on any atom is 0.309 e. The third kappa shape index (κ3) is 3.98. The summed E-state index contributed by atoms with van der Waals surface area (Å²) in [5.41, 5.74) is 1.06. The van der Waals surface area contributed by atoms with Gasteiger partial charge in [0.1, 0.15) is 6.61 Å². The van der Waals surface area contributed by atoms with Crippen LogP contribution in [0.1, 0.15) is 31.2 Å². The van der Waals surface area contributed by atoms with E-state index >= 15 is 0 Å². The van der Waals surface area contributed by atoms with Crippen LogP contribution in [0.15, 0.2) is 30.3 Å². The van der Waals surface area contributed by atoms with Crippen LogP contribution in [-0.4, -0.2) is 9.89 Å². The third-order valence-electron chi connectivity index (χ3n) is 3.17. The predicted octanol–water partition coefficient (Wildman–Crippen LogP) is 3.72. The first kappa shape index (κ1) is 12.9. The molecule has 2 rings (SSSR count). The lowest BCUT2D eigenvalue weighted by Gasteiger charge is -2.24. The van der Waals surface area contributed by atoms with E-state index < -0.39 is 0 Å². The van der Waals surface area contributed by atoms with E-state index in [0.29, 0.717) is 10.5 Å². The first-order valence-corrected chi connectivity index (χ1v) is 7.35. The highest BCUT2D eigenvalue weighted by Gasteiger charge is 2.26. The molecule has 1 fully saturated rings. The van der Waals surface area contributed by atoms with E-state index in [1.807, 2.05) is 30.3 Å². The van der Waals surface area contributed by atoms with Gasteiger partial charge in [-0.25, -0.2) is 0 Å². The fourth-order valence-electron chi connectivity index (χ4n) is 2.19. The fraction of sp³-hybridized carbons (Fsp3) is 0.500. The summed E-state index contributed by atoms with van der Waals surface area (Å²) in [6.45, 7) is 0.405. The second-order valence-corrected chi connectivity index (χ2v) is 6.32. The summed E-state index contributed by atoms with van der Waals surface area (Å²) in [6, 6.07) is 9.85. The van der Waals surface area contributed by atoms with Crippen molar-refractivity contribution in [3.63, 3.8) is 0 Å². The zero-order valence-corrected chi connectivity index (χ0v) is 11.9. The van der Waals surface area contributed by atoms with Gasteiger partial charge in [-0.1, -0.05) is 59.3 Å². The zero-order chi connectivity index (χ0) is 12.1. The van der Waals surface area contributed by atoms with E-state index in [2.05, 4.69) is 22.6 Å². The molecule has 0 aliphatic heterocycles. The van der Waals surface area contributed by atoms with Crippen LogP contribution in [-0.2, 0) is 16.1 Å². The third-order valence-corrected chi connectivity index (χ3v) is 4.30. The lowest BCUT2D eigenvalue weighted by Crippen LogP contribution is -2.24. The number of carbonyl (C=O) groups excluding carboxylic acids is 1. The highest BCUT2D eigenvalue weighted by Crippen LogP contribution is 2.30. The van der Waals surface area contributed by atoms with Gasteiger partial charge in [0.05, 0.1) is 5.92 Å². The monoisotopic (exact) mass is 344 g/mol. The predicted molar refractivity (Wildman–Crippen MR) is 76.0 cm³/mol. The molecule has 0 bridgehead atoms. The number of benzene rings is 1. The summed E-state index contributed by atoms with van der Waals surface area (Å²) in [7, 11) is 0. The molecule has 0 N–H and O–H groups in total. The highest BCUT2D eigenvalue weighted by atomic mass is 127. The Balaban J connectivity index is 1.81. The number of ether oxygens (including phenoxy) is 1. The highest BCUT2D eigenvalue weighted by molar-refractivity contribution is 14.1. The van der Waals surface area contributed by atoms with Gasteiger partial charge in [-0.05, 0) is 24.8 Å². The molecule has 17 heavy (non-hydrogen) atoms. The summed E-state index contributed by atoms with van der Waals surface area (Å²) in [4.78, 5) is 11.9. The standard InChI is InChI=1S/C14H17IO2/c15-13-8-4-7-12(9-13)14(16)17-10-11-5-2-1-3-6-11/h1-3,5-6,12-13H,4,7-10H2/t12-,13-/m1/s1. The summed E-state index contributed by atoms with van der Waals surface area (Å²) >= 11 is 2.44. The first-order chi connectivity index (χ1) is 8.25. The van der Waals surface area contributed by atoms with Gasteiger partial charge in [0, 0.05) is 3.92 Å². The van der Waals surface area contributed by atoms with Crippen molar-refractivity contribution in [1.29, 1.82) is 0 Å². The molecule has 0 amide bonds. The Kier molecular flexibility index (Phi) is 4.83. The molecule has 1 saturated carbocycles. The average Bonchev–Trinajstić information content (AvgIpc) is 2.37. The Bertz CT molecular complexity index is 364. The number of hydrogen-bond donors (Lipinski definition) is 0. The molecule has 2 nitrogen and oxygen atoms in total. The van der Waals surface area contributed by atoms with E-state index in [1.54, 1.807) is 0 Å². The molecule has 0 radical (unpaired) electrons. The first-order valence-electron chi connectivity index (χ1n) is 6.10. The van der Waals surface area contributed by atoms with Gasteiger partial charge < -0.3 is 4.74 Å². The fourth-order valence-corrected chi connectivity index (χ4v) is 3.25. The molecular weight excluding hydrogens is 327 g/mol. The van der Waals surface area contributed by atoms with Crippen molar-refractivity contribution in [3.8, 4) is 0 Å². The van der Waals surface area contributed by atoms with Crippen LogP contribution in [0.25, 0.3) is 0 Å². The minimum absolute atomic E-state index is 0.0183. The molecule has 0 unspecified atom stereocenters. The molecule has 0 saturated heterocycles. The van der Waals surface area contributed by atoms with Crippen molar-refractivity contribution in [1.82, 2.24) is 0 Å². The molecule has 0 aromatic heterocycles. The minimum atomic E-state index is -0.0183. The summed E-state index contributed by atoms with van der Waals surface area (Å²) < 4.78 is 6.01. The van der Waals surface area contributed by atoms with E-state index in [0.717, 1.165) is 24.8 Å². The van der Waals surface area contributed by atoms with Crippen molar-refractivity contribution in [3.05, 3.63) is 35.9 Å². The number of alkyl halides is 1. The second kappa shape index (κ2) is 6.38. The van der Waals surface area contributed by atoms with Gasteiger partial charge in [0.2, 0.25) is 0 Å². The zero-order valence-electron chi connectivity index (χ0n) is 9.77. The van der Waals surface area contributed by atoms with Crippen LogP contribution in [0.2, 0.25) is 0 Å². The van der Waals surface area contributed by atoms with Gasteiger partial charge in [0.15, 0.2) is 0 Å². The molecule has 1 aliphatic rings. The summed E-state index contributed by atoms with van der Waals surface area (Å²) in [5.74, 6) is 0.101. The Morgan fingerprint density at radius 2 is 2.06 bits per heavy atom. The molecule has 92 valence electrons. The number of hydrogen-bond acceptors (Lipinski definition) is 2. The van der Waals surface area contributed by atoms with Crippen LogP contribution < -0.4 is 0 Å². The second-order valence-electron chi connectivity index (χ2n) is 4.55. The lowest BCUT2D eigenvalue weighted by molar-refractivity contribution is -0.150. The van der Waals surface area contributed by atoms with Crippen LogP contribution in [0.3, 0.4) is 0 Å². The van der Waals surface area contributed by atoms with Crippen LogP contribution in [0, 0.1) is 5.92 Å². The van der Waals surface area contributed by atoms with Crippen molar-refractivity contribution in [2.75, 3.05) is 0 Å². The SMILES string of the molecule is O=C(OCc1ccccc1)[C@@H]1CCC[C@@H](I)C1. The number of halogens is 1. The molecule has 1 aromatic carbocycles. The topological polar surface area (TPSA) is 26.3 Å². The minimum Gasteiger partial charge on any atom is -0.461 e. The molecule has 0 spiro atoms. The molecule has 1 aliphatic carbocycles. The molecular formula is C14H17IO2. The Hall–Kier alpha value is -0.580. The number of rotatable bonds is 3. The van der Waals surface area contributed by atoms with Crippen LogP contribution in [0.4, 0.5) is 0 Å². The van der Waals surface area contributed by atoms with Crippen molar-refractivity contribution >= 4 is 28.6 Å². The maximum absolute atomic E-state index is 11.9. The van der Waals surface area contributed by atoms with E-state index in [-0.39, 0.29) is 11.9 Å². The summed E-state index contributed by atoms with van der Waals surface area (Å²) in [6.07, 6.45) is 4.36. The Morgan fingerprint density at radius 3 is 2.76 bits per heavy atom. The molecule has 3 heteroatoms. The van der Waals surface area contributed by atoms with Crippen molar-refractivity contribution < 1.29 is 9.53 Å². The molecule has 1 aromatic rings. The Morgan fingerprint density at radius 1 is 1.29 bits per heavy atom. The van der Waals surface area contributed by atoms with E-state index in [9.17, 15) is 4.79 Å².